The van der Waals surface area contributed by atoms with E-state index in [2.05, 4.69) is 15.4 Å². The maximum absolute atomic E-state index is 11.4. The summed E-state index contributed by atoms with van der Waals surface area (Å²) in [6.45, 7) is 2.71. The van der Waals surface area contributed by atoms with Gasteiger partial charge in [0.25, 0.3) is 0 Å². The molecule has 2 aromatic heterocycles. The van der Waals surface area contributed by atoms with Gasteiger partial charge in [-0.1, -0.05) is 0 Å². The molecule has 0 aromatic carbocycles. The number of anilines is 1. The van der Waals surface area contributed by atoms with Gasteiger partial charge in [-0.05, 0) is 19.8 Å². The fourth-order valence-electron chi connectivity index (χ4n) is 2.75. The van der Waals surface area contributed by atoms with Crippen molar-refractivity contribution >= 4 is 22.7 Å². The first-order chi connectivity index (χ1) is 10.1. The molecule has 0 radical (unpaired) electrons. The Morgan fingerprint density at radius 1 is 1.52 bits per heavy atom. The van der Waals surface area contributed by atoms with Crippen molar-refractivity contribution in [3.05, 3.63) is 18.0 Å². The first kappa shape index (κ1) is 13.8. The standard InChI is InChI=1S/C14H18N4O3/c1-8-5-9(3-4-21-8)17-12-10-7-16-18(2)13(10)15-6-11(12)14(19)20/h6-9H,3-5H2,1-2H3,(H,15,17)(H,19,20). The Balaban J connectivity index is 2.01. The molecule has 112 valence electrons. The van der Waals surface area contributed by atoms with Crippen LogP contribution in [0.25, 0.3) is 11.0 Å². The molecule has 21 heavy (non-hydrogen) atoms. The zero-order valence-electron chi connectivity index (χ0n) is 12.0. The number of aromatic carboxylic acids is 1. The van der Waals surface area contributed by atoms with E-state index in [4.69, 9.17) is 4.74 Å². The zero-order chi connectivity index (χ0) is 15.0. The third-order valence-corrected chi connectivity index (χ3v) is 3.83. The molecule has 0 spiro atoms. The third kappa shape index (κ3) is 2.56. The second-order valence-corrected chi connectivity index (χ2v) is 5.40. The first-order valence-corrected chi connectivity index (χ1v) is 6.98. The summed E-state index contributed by atoms with van der Waals surface area (Å²) in [7, 11) is 1.79. The molecule has 0 amide bonds. The lowest BCUT2D eigenvalue weighted by atomic mass is 10.0. The number of carboxylic acid groups (broad SMARTS) is 1. The van der Waals surface area contributed by atoms with E-state index in [9.17, 15) is 9.90 Å². The molecule has 0 aliphatic carbocycles. The SMILES string of the molecule is CC1CC(Nc2c(C(=O)O)cnc3c2cnn3C)CCO1. The quantitative estimate of drug-likeness (QED) is 0.893. The number of carboxylic acids is 1. The van der Waals surface area contributed by atoms with Crippen molar-refractivity contribution in [3.8, 4) is 0 Å². The zero-order valence-corrected chi connectivity index (χ0v) is 12.0. The van der Waals surface area contributed by atoms with E-state index in [-0.39, 0.29) is 17.7 Å². The number of fused-ring (bicyclic) bond motifs is 1. The van der Waals surface area contributed by atoms with Crippen LogP contribution in [0.4, 0.5) is 5.69 Å². The molecule has 1 aliphatic heterocycles. The highest BCUT2D eigenvalue weighted by Crippen LogP contribution is 2.28. The Kier molecular flexibility index (Phi) is 3.50. The van der Waals surface area contributed by atoms with E-state index < -0.39 is 5.97 Å². The molecule has 1 saturated heterocycles. The summed E-state index contributed by atoms with van der Waals surface area (Å²) in [5, 5.41) is 17.6. The topological polar surface area (TPSA) is 89.3 Å². The third-order valence-electron chi connectivity index (χ3n) is 3.83. The van der Waals surface area contributed by atoms with Crippen LogP contribution in [0.3, 0.4) is 0 Å². The first-order valence-electron chi connectivity index (χ1n) is 6.98. The summed E-state index contributed by atoms with van der Waals surface area (Å²) < 4.78 is 7.17. The van der Waals surface area contributed by atoms with Gasteiger partial charge >= 0.3 is 5.97 Å². The van der Waals surface area contributed by atoms with E-state index in [1.807, 2.05) is 6.92 Å². The van der Waals surface area contributed by atoms with Gasteiger partial charge in [0.1, 0.15) is 5.56 Å². The van der Waals surface area contributed by atoms with E-state index in [0.717, 1.165) is 18.2 Å². The van der Waals surface area contributed by atoms with Gasteiger partial charge in [-0.15, -0.1) is 0 Å². The monoisotopic (exact) mass is 290 g/mol. The number of carbonyl (C=O) groups is 1. The van der Waals surface area contributed by atoms with Gasteiger partial charge < -0.3 is 15.2 Å². The molecular weight excluding hydrogens is 272 g/mol. The number of rotatable bonds is 3. The minimum absolute atomic E-state index is 0.176. The van der Waals surface area contributed by atoms with E-state index in [0.29, 0.717) is 17.9 Å². The summed E-state index contributed by atoms with van der Waals surface area (Å²) in [5.41, 5.74) is 1.44. The fraction of sp³-hybridized carbons (Fsp3) is 0.500. The predicted molar refractivity (Wildman–Crippen MR) is 77.5 cm³/mol. The Hall–Kier alpha value is -2.15. The van der Waals surface area contributed by atoms with E-state index in [1.54, 1.807) is 17.9 Å². The van der Waals surface area contributed by atoms with Crippen LogP contribution in [0.1, 0.15) is 30.1 Å². The average Bonchev–Trinajstić information content (AvgIpc) is 2.81. The van der Waals surface area contributed by atoms with Crippen molar-refractivity contribution in [2.24, 2.45) is 7.05 Å². The average molecular weight is 290 g/mol. The lowest BCUT2D eigenvalue weighted by Crippen LogP contribution is -2.33. The summed E-state index contributed by atoms with van der Waals surface area (Å²) >= 11 is 0. The number of aromatic nitrogens is 3. The maximum Gasteiger partial charge on any atom is 0.339 e. The molecule has 7 heteroatoms. The van der Waals surface area contributed by atoms with Crippen molar-refractivity contribution < 1.29 is 14.6 Å². The smallest absolute Gasteiger partial charge is 0.339 e. The molecule has 2 unspecified atom stereocenters. The number of ether oxygens (including phenoxy) is 1. The molecule has 2 aromatic rings. The summed E-state index contributed by atoms with van der Waals surface area (Å²) in [6, 6.07) is 0.192. The number of nitrogens with one attached hydrogen (secondary N) is 1. The van der Waals surface area contributed by atoms with Gasteiger partial charge in [0.15, 0.2) is 5.65 Å². The molecule has 3 rings (SSSR count). The second kappa shape index (κ2) is 5.33. The molecule has 2 N–H and O–H groups in total. The largest absolute Gasteiger partial charge is 0.478 e. The van der Waals surface area contributed by atoms with E-state index >= 15 is 0 Å². The van der Waals surface area contributed by atoms with Gasteiger partial charge in [0.2, 0.25) is 0 Å². The predicted octanol–water partition coefficient (Wildman–Crippen LogP) is 1.65. The highest BCUT2D eigenvalue weighted by Gasteiger charge is 2.23. The Morgan fingerprint density at radius 2 is 2.33 bits per heavy atom. The minimum Gasteiger partial charge on any atom is -0.478 e. The summed E-state index contributed by atoms with van der Waals surface area (Å²) in [5.74, 6) is -0.990. The van der Waals surface area contributed by atoms with Crippen LogP contribution in [0.15, 0.2) is 12.4 Å². The number of pyridine rings is 1. The molecule has 3 heterocycles. The molecule has 1 aliphatic rings. The van der Waals surface area contributed by atoms with Crippen LogP contribution < -0.4 is 5.32 Å². The van der Waals surface area contributed by atoms with Crippen molar-refractivity contribution in [2.75, 3.05) is 11.9 Å². The second-order valence-electron chi connectivity index (χ2n) is 5.40. The van der Waals surface area contributed by atoms with Gasteiger partial charge in [-0.3, -0.25) is 4.68 Å². The van der Waals surface area contributed by atoms with Crippen molar-refractivity contribution in [1.82, 2.24) is 14.8 Å². The molecule has 1 fully saturated rings. The highest BCUT2D eigenvalue weighted by atomic mass is 16.5. The van der Waals surface area contributed by atoms with Crippen LogP contribution >= 0.6 is 0 Å². The minimum atomic E-state index is -0.990. The van der Waals surface area contributed by atoms with E-state index in [1.165, 1.54) is 6.20 Å². The maximum atomic E-state index is 11.4. The van der Waals surface area contributed by atoms with Crippen LogP contribution in [0.5, 0.6) is 0 Å². The van der Waals surface area contributed by atoms with Gasteiger partial charge in [0, 0.05) is 25.9 Å². The number of hydrogen-bond acceptors (Lipinski definition) is 5. The van der Waals surface area contributed by atoms with Crippen LogP contribution in [0, 0.1) is 0 Å². The normalized spacial score (nSPS) is 22.4. The summed E-state index contributed by atoms with van der Waals surface area (Å²) in [6.07, 6.45) is 4.92. The lowest BCUT2D eigenvalue weighted by Gasteiger charge is -2.29. The number of nitrogens with zero attached hydrogens (tertiary/aromatic N) is 3. The summed E-state index contributed by atoms with van der Waals surface area (Å²) in [4.78, 5) is 15.6. The lowest BCUT2D eigenvalue weighted by molar-refractivity contribution is 0.0232. The molecule has 0 saturated carbocycles. The molecular formula is C14H18N4O3. The Morgan fingerprint density at radius 3 is 3.05 bits per heavy atom. The highest BCUT2D eigenvalue weighted by molar-refractivity contribution is 6.03. The fourth-order valence-corrected chi connectivity index (χ4v) is 2.75. The van der Waals surface area contributed by atoms with Crippen LogP contribution in [-0.2, 0) is 11.8 Å². The van der Waals surface area contributed by atoms with Crippen molar-refractivity contribution in [2.45, 2.75) is 31.9 Å². The molecule has 0 bridgehead atoms. The molecule has 7 nitrogen and oxygen atoms in total. The molecule has 2 atom stereocenters. The van der Waals surface area contributed by atoms with Crippen LogP contribution in [-0.4, -0.2) is 44.6 Å². The van der Waals surface area contributed by atoms with Crippen molar-refractivity contribution in [3.63, 3.8) is 0 Å². The van der Waals surface area contributed by atoms with Crippen LogP contribution in [0.2, 0.25) is 0 Å². The van der Waals surface area contributed by atoms with Crippen molar-refractivity contribution in [1.29, 1.82) is 0 Å². The van der Waals surface area contributed by atoms with Gasteiger partial charge in [0.05, 0.1) is 23.4 Å². The number of hydrogen-bond donors (Lipinski definition) is 2. The van der Waals surface area contributed by atoms with Gasteiger partial charge in [-0.25, -0.2) is 9.78 Å². The Bertz CT molecular complexity index is 682. The number of aryl methyl sites for hydroxylation is 1. The Labute approximate surface area is 121 Å². The van der Waals surface area contributed by atoms with Gasteiger partial charge in [-0.2, -0.15) is 5.10 Å².